The molecule has 19 heavy (non-hydrogen) atoms. The third-order valence-corrected chi connectivity index (χ3v) is 3.48. The number of hydrogen-bond acceptors (Lipinski definition) is 3. The number of aliphatic hydroxyl groups is 1. The number of aliphatic hydroxyl groups excluding tert-OH is 1. The predicted molar refractivity (Wildman–Crippen MR) is 75.0 cm³/mol. The largest absolute Gasteiger partial charge is 0.390 e. The Bertz CT molecular complexity index is 422. The number of β-amino-alcohol motifs (C(OH)–C–C–N with tert-alkyl or cyclic N) is 1. The highest BCUT2D eigenvalue weighted by atomic mass is 35.5. The summed E-state index contributed by atoms with van der Waals surface area (Å²) in [4.78, 5) is 13.1. The molecule has 1 aromatic carbocycles. The lowest BCUT2D eigenvalue weighted by Crippen LogP contribution is -2.38. The molecule has 1 aromatic rings. The highest BCUT2D eigenvalue weighted by molar-refractivity contribution is 6.30. The maximum absolute atomic E-state index is 11.4. The number of rotatable bonds is 6. The number of nitrogens with one attached hydrogen (secondary N) is 1. The fourth-order valence-electron chi connectivity index (χ4n) is 2.20. The summed E-state index contributed by atoms with van der Waals surface area (Å²) < 4.78 is 0. The topological polar surface area (TPSA) is 52.6 Å². The van der Waals surface area contributed by atoms with Gasteiger partial charge in [-0.2, -0.15) is 0 Å². The Kier molecular flexibility index (Phi) is 5.19. The van der Waals surface area contributed by atoms with Crippen LogP contribution in [0.5, 0.6) is 0 Å². The molecule has 1 aliphatic rings. The standard InChI is InChI=1S/C14H19ClN2O2/c15-12-5-3-11(4-6-12)8-16-9-13(18)10-17-7-1-2-14(17)19/h3-6,13,16,18H,1-2,7-10H2. The van der Waals surface area contributed by atoms with Gasteiger partial charge >= 0.3 is 0 Å². The summed E-state index contributed by atoms with van der Waals surface area (Å²) in [6.07, 6.45) is 1.00. The number of likely N-dealkylation sites (tertiary alicyclic amines) is 1. The van der Waals surface area contributed by atoms with E-state index in [9.17, 15) is 9.90 Å². The van der Waals surface area contributed by atoms with Gasteiger partial charge in [0.05, 0.1) is 6.10 Å². The minimum Gasteiger partial charge on any atom is -0.390 e. The van der Waals surface area contributed by atoms with Gasteiger partial charge < -0.3 is 15.3 Å². The molecule has 1 heterocycles. The number of hydrogen-bond donors (Lipinski definition) is 2. The van der Waals surface area contributed by atoms with Crippen LogP contribution in [-0.2, 0) is 11.3 Å². The molecule has 1 saturated heterocycles. The molecule has 2 N–H and O–H groups in total. The van der Waals surface area contributed by atoms with E-state index in [0.29, 0.717) is 26.1 Å². The maximum atomic E-state index is 11.4. The van der Waals surface area contributed by atoms with Crippen LogP contribution in [0, 0.1) is 0 Å². The lowest BCUT2D eigenvalue weighted by molar-refractivity contribution is -0.128. The van der Waals surface area contributed by atoms with Crippen LogP contribution in [0.4, 0.5) is 0 Å². The molecular weight excluding hydrogens is 264 g/mol. The maximum Gasteiger partial charge on any atom is 0.222 e. The molecule has 0 saturated carbocycles. The highest BCUT2D eigenvalue weighted by Crippen LogP contribution is 2.10. The lowest BCUT2D eigenvalue weighted by Gasteiger charge is -2.20. The molecule has 0 radical (unpaired) electrons. The van der Waals surface area contributed by atoms with Crippen molar-refractivity contribution in [3.8, 4) is 0 Å². The monoisotopic (exact) mass is 282 g/mol. The molecule has 1 amide bonds. The average molecular weight is 283 g/mol. The molecule has 1 aliphatic heterocycles. The van der Waals surface area contributed by atoms with E-state index in [0.717, 1.165) is 23.6 Å². The van der Waals surface area contributed by atoms with Crippen LogP contribution in [0.3, 0.4) is 0 Å². The molecule has 2 rings (SSSR count). The van der Waals surface area contributed by atoms with Crippen molar-refractivity contribution in [2.45, 2.75) is 25.5 Å². The minimum atomic E-state index is -0.519. The summed E-state index contributed by atoms with van der Waals surface area (Å²) in [5, 5.41) is 13.8. The highest BCUT2D eigenvalue weighted by Gasteiger charge is 2.22. The molecule has 1 unspecified atom stereocenters. The Balaban J connectivity index is 1.67. The molecule has 0 bridgehead atoms. The van der Waals surface area contributed by atoms with Crippen LogP contribution in [0.25, 0.3) is 0 Å². The predicted octanol–water partition coefficient (Wildman–Crippen LogP) is 1.41. The first-order valence-electron chi connectivity index (χ1n) is 6.56. The van der Waals surface area contributed by atoms with E-state index in [1.165, 1.54) is 0 Å². The lowest BCUT2D eigenvalue weighted by atomic mass is 10.2. The minimum absolute atomic E-state index is 0.150. The summed E-state index contributed by atoms with van der Waals surface area (Å²) in [5.41, 5.74) is 1.12. The van der Waals surface area contributed by atoms with Crippen molar-refractivity contribution < 1.29 is 9.90 Å². The number of halogens is 1. The molecular formula is C14H19ClN2O2. The van der Waals surface area contributed by atoms with E-state index in [-0.39, 0.29) is 5.91 Å². The number of nitrogens with zero attached hydrogens (tertiary/aromatic N) is 1. The summed E-state index contributed by atoms with van der Waals surface area (Å²) in [6.45, 7) is 2.36. The second-order valence-electron chi connectivity index (χ2n) is 4.85. The van der Waals surface area contributed by atoms with Gasteiger partial charge in [0.2, 0.25) is 5.91 Å². The van der Waals surface area contributed by atoms with Crippen molar-refractivity contribution in [3.63, 3.8) is 0 Å². The van der Waals surface area contributed by atoms with Crippen molar-refractivity contribution in [1.29, 1.82) is 0 Å². The van der Waals surface area contributed by atoms with Gasteiger partial charge in [-0.15, -0.1) is 0 Å². The molecule has 0 aliphatic carbocycles. The number of carbonyl (C=O) groups excluding carboxylic acids is 1. The smallest absolute Gasteiger partial charge is 0.222 e. The van der Waals surface area contributed by atoms with Crippen molar-refractivity contribution in [2.24, 2.45) is 0 Å². The zero-order chi connectivity index (χ0) is 13.7. The molecule has 1 fully saturated rings. The van der Waals surface area contributed by atoms with Gasteiger partial charge in [-0.3, -0.25) is 4.79 Å². The fourth-order valence-corrected chi connectivity index (χ4v) is 2.33. The third kappa shape index (κ3) is 4.49. The Hall–Kier alpha value is -1.10. The van der Waals surface area contributed by atoms with Gasteiger partial charge in [-0.25, -0.2) is 0 Å². The fraction of sp³-hybridized carbons (Fsp3) is 0.500. The van der Waals surface area contributed by atoms with E-state index in [1.54, 1.807) is 4.90 Å². The zero-order valence-electron chi connectivity index (χ0n) is 10.8. The molecule has 0 spiro atoms. The van der Waals surface area contributed by atoms with Gasteiger partial charge in [-0.05, 0) is 24.1 Å². The van der Waals surface area contributed by atoms with Crippen LogP contribution in [0.15, 0.2) is 24.3 Å². The molecule has 104 valence electrons. The first kappa shape index (κ1) is 14.3. The van der Waals surface area contributed by atoms with E-state index >= 15 is 0 Å². The molecule has 0 aromatic heterocycles. The van der Waals surface area contributed by atoms with E-state index in [4.69, 9.17) is 11.6 Å². The van der Waals surface area contributed by atoms with E-state index in [2.05, 4.69) is 5.32 Å². The van der Waals surface area contributed by atoms with Crippen LogP contribution in [-0.4, -0.2) is 41.7 Å². The van der Waals surface area contributed by atoms with Crippen LogP contribution in [0.2, 0.25) is 5.02 Å². The number of carbonyl (C=O) groups is 1. The Morgan fingerprint density at radius 3 is 2.74 bits per heavy atom. The Labute approximate surface area is 118 Å². The Morgan fingerprint density at radius 2 is 2.11 bits per heavy atom. The second-order valence-corrected chi connectivity index (χ2v) is 5.29. The zero-order valence-corrected chi connectivity index (χ0v) is 11.6. The first-order valence-corrected chi connectivity index (χ1v) is 6.94. The van der Waals surface area contributed by atoms with Crippen LogP contribution in [0.1, 0.15) is 18.4 Å². The normalized spacial score (nSPS) is 16.9. The summed E-state index contributed by atoms with van der Waals surface area (Å²) >= 11 is 5.81. The van der Waals surface area contributed by atoms with Gasteiger partial charge in [0, 0.05) is 37.6 Å². The van der Waals surface area contributed by atoms with E-state index < -0.39 is 6.10 Å². The van der Waals surface area contributed by atoms with Crippen molar-refractivity contribution in [3.05, 3.63) is 34.9 Å². The van der Waals surface area contributed by atoms with Gasteiger partial charge in [0.25, 0.3) is 0 Å². The van der Waals surface area contributed by atoms with Crippen LogP contribution < -0.4 is 5.32 Å². The SMILES string of the molecule is O=C1CCCN1CC(O)CNCc1ccc(Cl)cc1. The molecule has 4 nitrogen and oxygen atoms in total. The van der Waals surface area contributed by atoms with Crippen molar-refractivity contribution in [2.75, 3.05) is 19.6 Å². The summed E-state index contributed by atoms with van der Waals surface area (Å²) in [6, 6.07) is 7.59. The van der Waals surface area contributed by atoms with Crippen LogP contribution >= 0.6 is 11.6 Å². The van der Waals surface area contributed by atoms with Gasteiger partial charge in [0.1, 0.15) is 0 Å². The van der Waals surface area contributed by atoms with Gasteiger partial charge in [-0.1, -0.05) is 23.7 Å². The van der Waals surface area contributed by atoms with Crippen molar-refractivity contribution in [1.82, 2.24) is 10.2 Å². The van der Waals surface area contributed by atoms with E-state index in [1.807, 2.05) is 24.3 Å². The molecule has 5 heteroatoms. The average Bonchev–Trinajstić information content (AvgIpc) is 2.78. The quantitative estimate of drug-likeness (QED) is 0.830. The Morgan fingerprint density at radius 1 is 1.37 bits per heavy atom. The number of benzene rings is 1. The number of amides is 1. The third-order valence-electron chi connectivity index (χ3n) is 3.22. The second kappa shape index (κ2) is 6.89. The molecule has 1 atom stereocenters. The van der Waals surface area contributed by atoms with Gasteiger partial charge in [0.15, 0.2) is 0 Å². The first-order chi connectivity index (χ1) is 9.15. The summed E-state index contributed by atoms with van der Waals surface area (Å²) in [7, 11) is 0. The summed E-state index contributed by atoms with van der Waals surface area (Å²) in [5.74, 6) is 0.150. The van der Waals surface area contributed by atoms with Crippen molar-refractivity contribution >= 4 is 17.5 Å².